The minimum atomic E-state index is 0.378. The summed E-state index contributed by atoms with van der Waals surface area (Å²) in [4.78, 5) is 0. The number of nitrogens with two attached hydrogens (primary N) is 1. The van der Waals surface area contributed by atoms with Crippen molar-refractivity contribution in [3.8, 4) is 12.3 Å². The van der Waals surface area contributed by atoms with Crippen LogP contribution in [0.25, 0.3) is 0 Å². The van der Waals surface area contributed by atoms with Gasteiger partial charge in [-0.15, -0.1) is 12.3 Å². The zero-order valence-electron chi connectivity index (χ0n) is 9.39. The summed E-state index contributed by atoms with van der Waals surface area (Å²) < 4.78 is 0. The summed E-state index contributed by atoms with van der Waals surface area (Å²) in [7, 11) is 0. The van der Waals surface area contributed by atoms with Gasteiger partial charge in [-0.1, -0.05) is 19.8 Å². The average molecular weight is 193 g/mol. The zero-order valence-corrected chi connectivity index (χ0v) is 9.39. The molecule has 1 fully saturated rings. The lowest BCUT2D eigenvalue weighted by molar-refractivity contribution is 0.209. The van der Waals surface area contributed by atoms with Crippen molar-refractivity contribution in [2.45, 2.75) is 64.3 Å². The van der Waals surface area contributed by atoms with Gasteiger partial charge >= 0.3 is 0 Å². The molecule has 0 bridgehead atoms. The van der Waals surface area contributed by atoms with Gasteiger partial charge in [-0.05, 0) is 37.5 Å². The first-order valence-corrected chi connectivity index (χ1v) is 5.94. The molecular weight excluding hydrogens is 170 g/mol. The molecule has 0 radical (unpaired) electrons. The first-order valence-electron chi connectivity index (χ1n) is 5.94. The lowest BCUT2D eigenvalue weighted by Gasteiger charge is -2.34. The maximum Gasteiger partial charge on any atom is 0.00957 e. The molecule has 0 spiro atoms. The quantitative estimate of drug-likeness (QED) is 0.527. The molecular formula is C13H23N. The molecule has 0 aliphatic heterocycles. The van der Waals surface area contributed by atoms with E-state index in [1.54, 1.807) is 0 Å². The molecule has 1 atom stereocenters. The summed E-state index contributed by atoms with van der Waals surface area (Å²) in [5.74, 6) is 2.69. The molecule has 80 valence electrons. The number of terminal acetylenes is 1. The molecule has 14 heavy (non-hydrogen) atoms. The van der Waals surface area contributed by atoms with E-state index >= 15 is 0 Å². The van der Waals surface area contributed by atoms with Gasteiger partial charge in [0.2, 0.25) is 0 Å². The monoisotopic (exact) mass is 193 g/mol. The van der Waals surface area contributed by atoms with Crippen LogP contribution in [0.4, 0.5) is 0 Å². The van der Waals surface area contributed by atoms with Gasteiger partial charge in [0.25, 0.3) is 0 Å². The summed E-state index contributed by atoms with van der Waals surface area (Å²) in [5, 5.41) is 0. The van der Waals surface area contributed by atoms with Gasteiger partial charge in [-0.3, -0.25) is 0 Å². The third-order valence-corrected chi connectivity index (χ3v) is 3.93. The van der Waals surface area contributed by atoms with E-state index in [-0.39, 0.29) is 0 Å². The predicted molar refractivity (Wildman–Crippen MR) is 61.9 cm³/mol. The Hall–Kier alpha value is -0.480. The third kappa shape index (κ3) is 2.51. The van der Waals surface area contributed by atoms with Crippen LogP contribution in [0.5, 0.6) is 0 Å². The van der Waals surface area contributed by atoms with E-state index in [1.165, 1.54) is 32.1 Å². The van der Waals surface area contributed by atoms with Crippen molar-refractivity contribution in [3.63, 3.8) is 0 Å². The van der Waals surface area contributed by atoms with Crippen molar-refractivity contribution in [2.75, 3.05) is 0 Å². The fraction of sp³-hybridized carbons (Fsp3) is 0.846. The van der Waals surface area contributed by atoms with Crippen LogP contribution < -0.4 is 5.73 Å². The number of hydrogen-bond acceptors (Lipinski definition) is 1. The first-order chi connectivity index (χ1) is 6.75. The van der Waals surface area contributed by atoms with Crippen LogP contribution in [0.15, 0.2) is 0 Å². The van der Waals surface area contributed by atoms with E-state index in [1.807, 2.05) is 0 Å². The Morgan fingerprint density at radius 1 is 1.43 bits per heavy atom. The smallest absolute Gasteiger partial charge is 0.00957 e. The minimum Gasteiger partial charge on any atom is -0.327 e. The van der Waals surface area contributed by atoms with Crippen LogP contribution in [0, 0.1) is 17.8 Å². The summed E-state index contributed by atoms with van der Waals surface area (Å²) in [6.07, 6.45) is 15.0. The molecule has 0 saturated heterocycles. The molecule has 1 heteroatoms. The normalized spacial score (nSPS) is 21.8. The maximum absolute atomic E-state index is 6.30. The Bertz CT molecular complexity index is 196. The standard InChI is InChI=1S/C13H23N/c1-3-5-6-9-12(14)13(4-2)10-7-8-11-13/h1,12H,4-11,14H2,2H3. The summed E-state index contributed by atoms with van der Waals surface area (Å²) >= 11 is 0. The van der Waals surface area contributed by atoms with E-state index in [4.69, 9.17) is 12.2 Å². The predicted octanol–water partition coefficient (Wildman–Crippen LogP) is 3.09. The van der Waals surface area contributed by atoms with E-state index in [2.05, 4.69) is 12.8 Å². The Kier molecular flexibility index (Phi) is 4.48. The molecule has 0 amide bonds. The van der Waals surface area contributed by atoms with Gasteiger partial charge in [-0.2, -0.15) is 0 Å². The van der Waals surface area contributed by atoms with Crippen molar-refractivity contribution in [1.82, 2.24) is 0 Å². The van der Waals surface area contributed by atoms with Gasteiger partial charge in [0.15, 0.2) is 0 Å². The van der Waals surface area contributed by atoms with Crippen molar-refractivity contribution in [3.05, 3.63) is 0 Å². The maximum atomic E-state index is 6.30. The first kappa shape index (κ1) is 11.6. The van der Waals surface area contributed by atoms with E-state index < -0.39 is 0 Å². The highest BCUT2D eigenvalue weighted by Crippen LogP contribution is 2.44. The van der Waals surface area contributed by atoms with E-state index in [0.29, 0.717) is 11.5 Å². The molecule has 1 unspecified atom stereocenters. The average Bonchev–Trinajstić information content (AvgIpc) is 2.67. The number of unbranched alkanes of at least 4 members (excludes halogenated alkanes) is 1. The Morgan fingerprint density at radius 2 is 2.07 bits per heavy atom. The topological polar surface area (TPSA) is 26.0 Å². The molecule has 1 aliphatic carbocycles. The molecule has 0 aromatic rings. The van der Waals surface area contributed by atoms with Gasteiger partial charge in [0.05, 0.1) is 0 Å². The second-order valence-corrected chi connectivity index (χ2v) is 4.63. The zero-order chi connectivity index (χ0) is 10.4. The molecule has 0 aromatic heterocycles. The van der Waals surface area contributed by atoms with Crippen LogP contribution in [-0.2, 0) is 0 Å². The summed E-state index contributed by atoms with van der Waals surface area (Å²) in [6.45, 7) is 2.28. The van der Waals surface area contributed by atoms with Gasteiger partial charge < -0.3 is 5.73 Å². The highest BCUT2D eigenvalue weighted by Gasteiger charge is 2.37. The Balaban J connectivity index is 2.40. The molecule has 1 nitrogen and oxygen atoms in total. The molecule has 0 heterocycles. The largest absolute Gasteiger partial charge is 0.327 e. The van der Waals surface area contributed by atoms with Crippen LogP contribution in [0.1, 0.15) is 58.3 Å². The Labute approximate surface area is 88.5 Å². The second kappa shape index (κ2) is 5.41. The van der Waals surface area contributed by atoms with Crippen LogP contribution in [0.2, 0.25) is 0 Å². The van der Waals surface area contributed by atoms with Crippen LogP contribution in [-0.4, -0.2) is 6.04 Å². The van der Waals surface area contributed by atoms with E-state index in [0.717, 1.165) is 19.3 Å². The van der Waals surface area contributed by atoms with Gasteiger partial charge in [-0.25, -0.2) is 0 Å². The summed E-state index contributed by atoms with van der Waals surface area (Å²) in [5.41, 5.74) is 6.75. The highest BCUT2D eigenvalue weighted by atomic mass is 14.7. The Morgan fingerprint density at radius 3 is 2.57 bits per heavy atom. The number of hydrogen-bond donors (Lipinski definition) is 1. The van der Waals surface area contributed by atoms with Crippen molar-refractivity contribution in [2.24, 2.45) is 11.1 Å². The van der Waals surface area contributed by atoms with Gasteiger partial charge in [0.1, 0.15) is 0 Å². The number of rotatable bonds is 5. The van der Waals surface area contributed by atoms with Crippen molar-refractivity contribution < 1.29 is 0 Å². The van der Waals surface area contributed by atoms with E-state index in [9.17, 15) is 0 Å². The molecule has 2 N–H and O–H groups in total. The lowest BCUT2D eigenvalue weighted by Crippen LogP contribution is -2.39. The van der Waals surface area contributed by atoms with Crippen molar-refractivity contribution in [1.29, 1.82) is 0 Å². The minimum absolute atomic E-state index is 0.378. The van der Waals surface area contributed by atoms with Gasteiger partial charge in [0, 0.05) is 12.5 Å². The third-order valence-electron chi connectivity index (χ3n) is 3.93. The fourth-order valence-corrected chi connectivity index (χ4v) is 2.80. The second-order valence-electron chi connectivity index (χ2n) is 4.63. The van der Waals surface area contributed by atoms with Crippen LogP contribution in [0.3, 0.4) is 0 Å². The fourth-order valence-electron chi connectivity index (χ4n) is 2.80. The molecule has 0 aromatic carbocycles. The lowest BCUT2D eigenvalue weighted by atomic mass is 9.75. The SMILES string of the molecule is C#CCCCC(N)C1(CC)CCCC1. The molecule has 1 aliphatic rings. The van der Waals surface area contributed by atoms with Crippen LogP contribution >= 0.6 is 0 Å². The highest BCUT2D eigenvalue weighted by molar-refractivity contribution is 4.93. The molecule has 1 saturated carbocycles. The summed E-state index contributed by atoms with van der Waals surface area (Å²) in [6, 6.07) is 0.378. The molecule has 1 rings (SSSR count). The van der Waals surface area contributed by atoms with Crippen molar-refractivity contribution >= 4 is 0 Å².